The van der Waals surface area contributed by atoms with Gasteiger partial charge in [0, 0.05) is 6.54 Å². The van der Waals surface area contributed by atoms with Crippen molar-refractivity contribution in [1.29, 1.82) is 0 Å². The molecule has 1 amide bonds. The van der Waals surface area contributed by atoms with E-state index in [-0.39, 0.29) is 12.0 Å². The number of aliphatic hydroxyl groups excluding tert-OH is 1. The number of hydrogen-bond acceptors (Lipinski definition) is 6. The second-order valence-electron chi connectivity index (χ2n) is 3.82. The number of nitrogens with zero attached hydrogens (tertiary/aromatic N) is 3. The summed E-state index contributed by atoms with van der Waals surface area (Å²) in [5.74, 6) is -0.106. The molecule has 1 aromatic heterocycles. The van der Waals surface area contributed by atoms with Crippen LogP contribution in [0.5, 0.6) is 0 Å². The van der Waals surface area contributed by atoms with Crippen molar-refractivity contribution in [1.82, 2.24) is 15.1 Å². The van der Waals surface area contributed by atoms with Crippen LogP contribution in [0, 0.1) is 0 Å². The monoisotopic (exact) mass is 242 g/mol. The Morgan fingerprint density at radius 3 is 3.31 bits per heavy atom. The number of β-amino-alcohol motifs (C(OH)–C–C–N with tert-alkyl or cyclic N) is 1. The second-order valence-corrected chi connectivity index (χ2v) is 4.66. The average molecular weight is 242 g/mol. The van der Waals surface area contributed by atoms with E-state index in [1.807, 2.05) is 4.90 Å². The summed E-state index contributed by atoms with van der Waals surface area (Å²) in [6.07, 6.45) is 1.46. The molecule has 88 valence electrons. The van der Waals surface area contributed by atoms with Gasteiger partial charge in [0.2, 0.25) is 11.0 Å². The van der Waals surface area contributed by atoms with E-state index in [0.29, 0.717) is 18.2 Å². The first-order valence-corrected chi connectivity index (χ1v) is 6.08. The van der Waals surface area contributed by atoms with Gasteiger partial charge in [-0.3, -0.25) is 15.0 Å². The number of carbonyl (C=O) groups is 1. The molecule has 1 aromatic rings. The van der Waals surface area contributed by atoms with Gasteiger partial charge in [-0.05, 0) is 19.4 Å². The van der Waals surface area contributed by atoms with Crippen molar-refractivity contribution in [3.8, 4) is 0 Å². The van der Waals surface area contributed by atoms with Crippen molar-refractivity contribution in [3.63, 3.8) is 0 Å². The summed E-state index contributed by atoms with van der Waals surface area (Å²) in [5.41, 5.74) is 1.57. The van der Waals surface area contributed by atoms with E-state index in [0.717, 1.165) is 19.4 Å². The van der Waals surface area contributed by atoms with Crippen LogP contribution in [0.1, 0.15) is 12.8 Å². The van der Waals surface area contributed by atoms with E-state index in [2.05, 4.69) is 15.5 Å². The molecule has 1 aliphatic heterocycles. The van der Waals surface area contributed by atoms with Gasteiger partial charge >= 0.3 is 0 Å². The highest BCUT2D eigenvalue weighted by molar-refractivity contribution is 7.13. The molecule has 2 rings (SSSR count). The van der Waals surface area contributed by atoms with E-state index >= 15 is 0 Å². The number of carbonyl (C=O) groups excluding carboxylic acids is 1. The first kappa shape index (κ1) is 11.4. The standard InChI is InChI=1S/C9H14N4O2S/c14-7-2-1-3-13(4-7)5-8(15)11-9-12-10-6-16-9/h6-7,14H,1-5H2,(H,11,12,15). The zero-order valence-corrected chi connectivity index (χ0v) is 9.61. The Hall–Kier alpha value is -1.05. The number of aromatic nitrogens is 2. The molecule has 6 nitrogen and oxygen atoms in total. The van der Waals surface area contributed by atoms with Gasteiger partial charge in [-0.25, -0.2) is 0 Å². The number of aliphatic hydroxyl groups is 1. The Balaban J connectivity index is 1.78. The lowest BCUT2D eigenvalue weighted by Gasteiger charge is -2.29. The highest BCUT2D eigenvalue weighted by atomic mass is 32.1. The minimum Gasteiger partial charge on any atom is -0.392 e. The predicted molar refractivity (Wildman–Crippen MR) is 60.2 cm³/mol. The Bertz CT molecular complexity index is 343. The first-order chi connectivity index (χ1) is 7.74. The van der Waals surface area contributed by atoms with Gasteiger partial charge in [-0.2, -0.15) is 0 Å². The molecule has 16 heavy (non-hydrogen) atoms. The quantitative estimate of drug-likeness (QED) is 0.776. The molecule has 7 heteroatoms. The highest BCUT2D eigenvalue weighted by Gasteiger charge is 2.19. The maximum Gasteiger partial charge on any atom is 0.240 e. The van der Waals surface area contributed by atoms with Gasteiger partial charge in [-0.1, -0.05) is 11.3 Å². The molecular formula is C9H14N4O2S. The Labute approximate surface area is 97.3 Å². The minimum absolute atomic E-state index is 0.106. The molecule has 0 radical (unpaired) electrons. The van der Waals surface area contributed by atoms with Crippen LogP contribution in [0.3, 0.4) is 0 Å². The third-order valence-electron chi connectivity index (χ3n) is 2.45. The molecule has 0 saturated carbocycles. The Morgan fingerprint density at radius 2 is 2.62 bits per heavy atom. The van der Waals surface area contributed by atoms with Crippen molar-refractivity contribution in [3.05, 3.63) is 5.51 Å². The van der Waals surface area contributed by atoms with Crippen molar-refractivity contribution in [2.75, 3.05) is 25.0 Å². The number of likely N-dealkylation sites (tertiary alicyclic amines) is 1. The van der Waals surface area contributed by atoms with Crippen LogP contribution in [0.25, 0.3) is 0 Å². The summed E-state index contributed by atoms with van der Waals surface area (Å²) < 4.78 is 0. The molecule has 0 bridgehead atoms. The lowest BCUT2D eigenvalue weighted by molar-refractivity contribution is -0.118. The molecule has 1 aliphatic rings. The molecule has 1 unspecified atom stereocenters. The molecule has 0 aromatic carbocycles. The number of anilines is 1. The summed E-state index contributed by atoms with van der Waals surface area (Å²) in [4.78, 5) is 13.5. The van der Waals surface area contributed by atoms with Gasteiger partial charge in [0.05, 0.1) is 12.6 Å². The largest absolute Gasteiger partial charge is 0.392 e. The van der Waals surface area contributed by atoms with Crippen LogP contribution in [0.4, 0.5) is 5.13 Å². The minimum atomic E-state index is -0.303. The Kier molecular flexibility index (Phi) is 3.81. The summed E-state index contributed by atoms with van der Waals surface area (Å²) in [7, 11) is 0. The van der Waals surface area contributed by atoms with E-state index < -0.39 is 0 Å². The average Bonchev–Trinajstić information content (AvgIpc) is 2.70. The van der Waals surface area contributed by atoms with Crippen molar-refractivity contribution >= 4 is 22.4 Å². The van der Waals surface area contributed by atoms with Crippen LogP contribution in [-0.2, 0) is 4.79 Å². The number of nitrogens with one attached hydrogen (secondary N) is 1. The van der Waals surface area contributed by atoms with Gasteiger partial charge in [0.1, 0.15) is 5.51 Å². The van der Waals surface area contributed by atoms with Crippen LogP contribution in [0.2, 0.25) is 0 Å². The normalized spacial score (nSPS) is 21.9. The zero-order valence-electron chi connectivity index (χ0n) is 8.80. The van der Waals surface area contributed by atoms with E-state index in [1.54, 1.807) is 5.51 Å². The highest BCUT2D eigenvalue weighted by Crippen LogP contribution is 2.11. The fraction of sp³-hybridized carbons (Fsp3) is 0.667. The summed E-state index contributed by atoms with van der Waals surface area (Å²) in [5, 5.41) is 20.0. The molecule has 0 aliphatic carbocycles. The van der Waals surface area contributed by atoms with Gasteiger partial charge in [-0.15, -0.1) is 10.2 Å². The molecule has 2 heterocycles. The van der Waals surface area contributed by atoms with Crippen molar-refractivity contribution < 1.29 is 9.90 Å². The first-order valence-electron chi connectivity index (χ1n) is 5.20. The smallest absolute Gasteiger partial charge is 0.240 e. The number of amides is 1. The van der Waals surface area contributed by atoms with Crippen LogP contribution in [-0.4, -0.2) is 51.8 Å². The van der Waals surface area contributed by atoms with Gasteiger partial charge < -0.3 is 5.11 Å². The third kappa shape index (κ3) is 3.22. The molecule has 0 spiro atoms. The molecule has 1 saturated heterocycles. The SMILES string of the molecule is O=C(CN1CCCC(O)C1)Nc1nncs1. The fourth-order valence-corrected chi connectivity index (χ4v) is 2.23. The molecular weight excluding hydrogens is 228 g/mol. The third-order valence-corrected chi connectivity index (χ3v) is 3.06. The van der Waals surface area contributed by atoms with Gasteiger partial charge in [0.25, 0.3) is 0 Å². The van der Waals surface area contributed by atoms with Crippen LogP contribution >= 0.6 is 11.3 Å². The van der Waals surface area contributed by atoms with Crippen LogP contribution in [0.15, 0.2) is 5.51 Å². The fourth-order valence-electron chi connectivity index (χ4n) is 1.76. The maximum absolute atomic E-state index is 11.6. The lowest BCUT2D eigenvalue weighted by atomic mass is 10.1. The molecule has 2 N–H and O–H groups in total. The molecule has 1 fully saturated rings. The lowest BCUT2D eigenvalue weighted by Crippen LogP contribution is -2.42. The number of rotatable bonds is 3. The second kappa shape index (κ2) is 5.33. The number of piperidine rings is 1. The Morgan fingerprint density at radius 1 is 1.75 bits per heavy atom. The summed E-state index contributed by atoms with van der Waals surface area (Å²) in [6, 6.07) is 0. The topological polar surface area (TPSA) is 78.4 Å². The zero-order chi connectivity index (χ0) is 11.4. The number of hydrogen-bond donors (Lipinski definition) is 2. The van der Waals surface area contributed by atoms with Crippen molar-refractivity contribution in [2.45, 2.75) is 18.9 Å². The molecule has 1 atom stereocenters. The van der Waals surface area contributed by atoms with E-state index in [4.69, 9.17) is 0 Å². The van der Waals surface area contributed by atoms with E-state index in [1.165, 1.54) is 11.3 Å². The summed E-state index contributed by atoms with van der Waals surface area (Å²) in [6.45, 7) is 1.74. The summed E-state index contributed by atoms with van der Waals surface area (Å²) >= 11 is 1.29. The van der Waals surface area contributed by atoms with Crippen molar-refractivity contribution in [2.24, 2.45) is 0 Å². The predicted octanol–water partition coefficient (Wildman–Crippen LogP) is -0.0667. The van der Waals surface area contributed by atoms with E-state index in [9.17, 15) is 9.90 Å². The van der Waals surface area contributed by atoms with Gasteiger partial charge in [0.15, 0.2) is 0 Å². The maximum atomic E-state index is 11.6. The van der Waals surface area contributed by atoms with Crippen LogP contribution < -0.4 is 5.32 Å².